The smallest absolute Gasteiger partial charge is 0.256 e. The Morgan fingerprint density at radius 3 is 2.54 bits per heavy atom. The highest BCUT2D eigenvalue weighted by molar-refractivity contribution is 6.32. The van der Waals surface area contributed by atoms with Gasteiger partial charge in [-0.2, -0.15) is 0 Å². The molecular formula is C18H17ClN2O3. The van der Waals surface area contributed by atoms with Crippen LogP contribution in [0.3, 0.4) is 0 Å². The number of aromatic nitrogens is 1. The number of aldehydes is 1. The van der Waals surface area contributed by atoms with Crippen molar-refractivity contribution in [3.63, 3.8) is 0 Å². The highest BCUT2D eigenvalue weighted by Gasteiger charge is 2.26. The molecule has 1 aliphatic rings. The van der Waals surface area contributed by atoms with Crippen LogP contribution in [0.1, 0.15) is 33.6 Å². The molecule has 0 aliphatic carbocycles. The number of pyridine rings is 1. The molecule has 1 aliphatic heterocycles. The van der Waals surface area contributed by atoms with Gasteiger partial charge < -0.3 is 9.64 Å². The number of hydrogen-bond acceptors (Lipinski definition) is 4. The average Bonchev–Trinajstić information content (AvgIpc) is 2.63. The number of rotatable bonds is 4. The third-order valence-corrected chi connectivity index (χ3v) is 4.34. The van der Waals surface area contributed by atoms with Crippen LogP contribution in [0.25, 0.3) is 0 Å². The lowest BCUT2D eigenvalue weighted by Crippen LogP contribution is -2.41. The van der Waals surface area contributed by atoms with Gasteiger partial charge in [0, 0.05) is 37.7 Å². The zero-order chi connectivity index (χ0) is 16.9. The van der Waals surface area contributed by atoms with E-state index in [1.807, 2.05) is 0 Å². The lowest BCUT2D eigenvalue weighted by molar-refractivity contribution is 0.0595. The molecule has 2 heterocycles. The molecule has 1 saturated heterocycles. The fourth-order valence-corrected chi connectivity index (χ4v) is 2.91. The van der Waals surface area contributed by atoms with E-state index in [1.54, 1.807) is 47.5 Å². The molecule has 0 spiro atoms. The summed E-state index contributed by atoms with van der Waals surface area (Å²) in [5.74, 6) is 0.641. The molecule has 2 aromatic rings. The third kappa shape index (κ3) is 3.74. The van der Waals surface area contributed by atoms with Crippen molar-refractivity contribution in [3.8, 4) is 5.75 Å². The number of amides is 1. The van der Waals surface area contributed by atoms with Gasteiger partial charge in [0.05, 0.1) is 5.56 Å². The third-order valence-electron chi connectivity index (χ3n) is 4.04. The van der Waals surface area contributed by atoms with Crippen LogP contribution in [-0.4, -0.2) is 41.3 Å². The summed E-state index contributed by atoms with van der Waals surface area (Å²) in [4.78, 5) is 28.9. The molecule has 0 unspecified atom stereocenters. The van der Waals surface area contributed by atoms with Gasteiger partial charge in [0.2, 0.25) is 0 Å². The Balaban J connectivity index is 1.56. The second-order valence-corrected chi connectivity index (χ2v) is 6.00. The number of piperidine rings is 1. The molecule has 1 aromatic heterocycles. The first kappa shape index (κ1) is 16.5. The predicted octanol–water partition coefficient (Wildman–Crippen LogP) is 3.23. The van der Waals surface area contributed by atoms with E-state index < -0.39 is 0 Å². The fourth-order valence-electron chi connectivity index (χ4n) is 2.71. The van der Waals surface area contributed by atoms with Gasteiger partial charge in [-0.05, 0) is 36.4 Å². The Hall–Kier alpha value is -2.40. The normalized spacial score (nSPS) is 15.1. The molecule has 1 aromatic carbocycles. The molecule has 5 nitrogen and oxygen atoms in total. The quantitative estimate of drug-likeness (QED) is 0.631. The first-order chi connectivity index (χ1) is 11.7. The topological polar surface area (TPSA) is 59.5 Å². The van der Waals surface area contributed by atoms with Crippen molar-refractivity contribution in [2.75, 3.05) is 13.1 Å². The van der Waals surface area contributed by atoms with E-state index in [1.165, 1.54) is 0 Å². The maximum atomic E-state index is 12.5. The predicted molar refractivity (Wildman–Crippen MR) is 90.6 cm³/mol. The summed E-state index contributed by atoms with van der Waals surface area (Å²) >= 11 is 5.99. The number of halogens is 1. The first-order valence-corrected chi connectivity index (χ1v) is 8.17. The minimum atomic E-state index is -0.0955. The minimum absolute atomic E-state index is 0.0560. The molecule has 24 heavy (non-hydrogen) atoms. The number of benzene rings is 1. The van der Waals surface area contributed by atoms with Crippen LogP contribution in [-0.2, 0) is 0 Å². The maximum absolute atomic E-state index is 12.5. The van der Waals surface area contributed by atoms with Crippen LogP contribution in [0.5, 0.6) is 5.75 Å². The van der Waals surface area contributed by atoms with Gasteiger partial charge in [-0.25, -0.2) is 4.98 Å². The second-order valence-electron chi connectivity index (χ2n) is 5.64. The van der Waals surface area contributed by atoms with E-state index in [9.17, 15) is 9.59 Å². The molecule has 0 radical (unpaired) electrons. The van der Waals surface area contributed by atoms with Crippen LogP contribution >= 0.6 is 11.6 Å². The van der Waals surface area contributed by atoms with Gasteiger partial charge in [-0.1, -0.05) is 11.6 Å². The average molecular weight is 345 g/mol. The molecule has 1 fully saturated rings. The molecule has 124 valence electrons. The number of carbonyl (C=O) groups excluding carboxylic acids is 2. The van der Waals surface area contributed by atoms with Gasteiger partial charge in [0.25, 0.3) is 5.91 Å². The number of nitrogens with zero attached hydrogens (tertiary/aromatic N) is 2. The summed E-state index contributed by atoms with van der Waals surface area (Å²) in [6, 6.07) is 10.4. The van der Waals surface area contributed by atoms with Crippen LogP contribution in [0.4, 0.5) is 0 Å². The van der Waals surface area contributed by atoms with Crippen LogP contribution < -0.4 is 4.74 Å². The summed E-state index contributed by atoms with van der Waals surface area (Å²) in [5.41, 5.74) is 1.05. The molecule has 1 amide bonds. The van der Waals surface area contributed by atoms with E-state index in [0.717, 1.165) is 24.9 Å². The van der Waals surface area contributed by atoms with Crippen LogP contribution in [0.2, 0.25) is 5.15 Å². The lowest BCUT2D eigenvalue weighted by Gasteiger charge is -2.32. The zero-order valence-electron chi connectivity index (χ0n) is 13.0. The van der Waals surface area contributed by atoms with Crippen molar-refractivity contribution in [1.82, 2.24) is 9.88 Å². The van der Waals surface area contributed by atoms with Crippen LogP contribution in [0, 0.1) is 0 Å². The second kappa shape index (κ2) is 7.45. The monoisotopic (exact) mass is 344 g/mol. The number of carbonyl (C=O) groups is 2. The fraction of sp³-hybridized carbons (Fsp3) is 0.278. The van der Waals surface area contributed by atoms with E-state index in [-0.39, 0.29) is 17.2 Å². The van der Waals surface area contributed by atoms with E-state index in [2.05, 4.69) is 4.98 Å². The van der Waals surface area contributed by atoms with Crippen LogP contribution in [0.15, 0.2) is 42.6 Å². The Kier molecular flexibility index (Phi) is 5.11. The molecule has 6 heteroatoms. The minimum Gasteiger partial charge on any atom is -0.490 e. The Labute approximate surface area is 145 Å². The molecule has 0 bridgehead atoms. The molecule has 0 saturated carbocycles. The van der Waals surface area contributed by atoms with Crippen molar-refractivity contribution in [3.05, 3.63) is 58.9 Å². The Morgan fingerprint density at radius 1 is 1.21 bits per heavy atom. The Bertz CT molecular complexity index is 725. The van der Waals surface area contributed by atoms with Gasteiger partial charge >= 0.3 is 0 Å². The highest BCUT2D eigenvalue weighted by atomic mass is 35.5. The van der Waals surface area contributed by atoms with Crippen molar-refractivity contribution in [1.29, 1.82) is 0 Å². The first-order valence-electron chi connectivity index (χ1n) is 7.79. The summed E-state index contributed by atoms with van der Waals surface area (Å²) in [7, 11) is 0. The van der Waals surface area contributed by atoms with E-state index in [0.29, 0.717) is 24.2 Å². The summed E-state index contributed by atoms with van der Waals surface area (Å²) in [6.07, 6.45) is 3.92. The Morgan fingerprint density at radius 2 is 1.92 bits per heavy atom. The van der Waals surface area contributed by atoms with Crippen molar-refractivity contribution >= 4 is 23.8 Å². The molecule has 0 N–H and O–H groups in total. The lowest BCUT2D eigenvalue weighted by atomic mass is 10.1. The number of likely N-dealkylation sites (tertiary alicyclic amines) is 1. The van der Waals surface area contributed by atoms with E-state index >= 15 is 0 Å². The van der Waals surface area contributed by atoms with Gasteiger partial charge in [0.1, 0.15) is 23.3 Å². The standard InChI is InChI=1S/C18H17ClN2O3/c19-17-16(2-1-9-20-17)18(23)21-10-7-15(8-11-21)24-14-5-3-13(12-22)4-6-14/h1-6,9,12,15H,7-8,10-11H2. The summed E-state index contributed by atoms with van der Waals surface area (Å²) in [6.45, 7) is 1.22. The van der Waals surface area contributed by atoms with Gasteiger partial charge in [0.15, 0.2) is 0 Å². The van der Waals surface area contributed by atoms with Crippen molar-refractivity contribution < 1.29 is 14.3 Å². The number of ether oxygens (including phenoxy) is 1. The van der Waals surface area contributed by atoms with E-state index in [4.69, 9.17) is 16.3 Å². The summed E-state index contributed by atoms with van der Waals surface area (Å²) in [5, 5.41) is 0.233. The highest BCUT2D eigenvalue weighted by Crippen LogP contribution is 2.22. The zero-order valence-corrected chi connectivity index (χ0v) is 13.8. The van der Waals surface area contributed by atoms with Crippen molar-refractivity contribution in [2.45, 2.75) is 18.9 Å². The van der Waals surface area contributed by atoms with Gasteiger partial charge in [-0.15, -0.1) is 0 Å². The number of hydrogen-bond donors (Lipinski definition) is 0. The maximum Gasteiger partial charge on any atom is 0.256 e. The van der Waals surface area contributed by atoms with Gasteiger partial charge in [-0.3, -0.25) is 9.59 Å². The summed E-state index contributed by atoms with van der Waals surface area (Å²) < 4.78 is 5.92. The SMILES string of the molecule is O=Cc1ccc(OC2CCN(C(=O)c3cccnc3Cl)CC2)cc1. The molecular weight excluding hydrogens is 328 g/mol. The van der Waals surface area contributed by atoms with Crippen molar-refractivity contribution in [2.24, 2.45) is 0 Å². The largest absolute Gasteiger partial charge is 0.490 e. The molecule has 3 rings (SSSR count). The molecule has 0 atom stereocenters.